The van der Waals surface area contributed by atoms with E-state index in [4.69, 9.17) is 26.0 Å². The molecule has 0 aliphatic rings. The fourth-order valence-electron chi connectivity index (χ4n) is 3.13. The largest absolute Gasteiger partial charge is 0.477 e. The summed E-state index contributed by atoms with van der Waals surface area (Å²) in [5.74, 6) is 0.546. The summed E-state index contributed by atoms with van der Waals surface area (Å²) in [7, 11) is 0. The van der Waals surface area contributed by atoms with Crippen molar-refractivity contribution >= 4 is 22.9 Å². The van der Waals surface area contributed by atoms with Crippen LogP contribution in [-0.4, -0.2) is 39.1 Å². The molecule has 0 spiro atoms. The lowest BCUT2D eigenvalue weighted by Gasteiger charge is -2.15. The van der Waals surface area contributed by atoms with Crippen molar-refractivity contribution in [2.24, 2.45) is 5.73 Å². The second kappa shape index (κ2) is 8.72. The molecule has 3 aromatic heterocycles. The van der Waals surface area contributed by atoms with E-state index in [2.05, 4.69) is 24.1 Å². The molecule has 0 unspecified atom stereocenters. The van der Waals surface area contributed by atoms with Gasteiger partial charge in [-0.15, -0.1) is 0 Å². The first-order valence-electron chi connectivity index (χ1n) is 9.63. The Morgan fingerprint density at radius 1 is 1.41 bits per heavy atom. The van der Waals surface area contributed by atoms with E-state index in [1.807, 2.05) is 36.7 Å². The van der Waals surface area contributed by atoms with Gasteiger partial charge in [0.15, 0.2) is 0 Å². The van der Waals surface area contributed by atoms with Crippen molar-refractivity contribution in [3.8, 4) is 17.1 Å². The Balaban J connectivity index is 2.20. The molecule has 0 bridgehead atoms. The van der Waals surface area contributed by atoms with Crippen LogP contribution in [-0.2, 0) is 0 Å². The lowest BCUT2D eigenvalue weighted by molar-refractivity contribution is 0.328. The van der Waals surface area contributed by atoms with E-state index in [1.54, 1.807) is 12.3 Å². The minimum Gasteiger partial charge on any atom is -0.477 e. The maximum Gasteiger partial charge on any atom is 0.222 e. The zero-order chi connectivity index (χ0) is 21.0. The van der Waals surface area contributed by atoms with E-state index >= 15 is 0 Å². The summed E-state index contributed by atoms with van der Waals surface area (Å²) in [6.07, 6.45) is 4.44. The summed E-state index contributed by atoms with van der Waals surface area (Å²) >= 11 is 0. The Hall–Kier alpha value is -3.42. The third kappa shape index (κ3) is 4.21. The fraction of sp³-hybridized carbons (Fsp3) is 0.333. The van der Waals surface area contributed by atoms with Gasteiger partial charge >= 0.3 is 0 Å². The number of allylic oxidation sites excluding steroid dienone is 1. The van der Waals surface area contributed by atoms with Gasteiger partial charge in [-0.1, -0.05) is 0 Å². The van der Waals surface area contributed by atoms with Gasteiger partial charge in [-0.05, 0) is 52.0 Å². The Kier molecular flexibility index (Phi) is 6.11. The topological polar surface area (TPSA) is 115 Å². The van der Waals surface area contributed by atoms with Gasteiger partial charge in [-0.2, -0.15) is 5.10 Å². The van der Waals surface area contributed by atoms with E-state index in [0.717, 1.165) is 33.7 Å². The number of nitrogens with two attached hydrogens (primary N) is 1. The zero-order valence-corrected chi connectivity index (χ0v) is 17.2. The molecular weight excluding hydrogens is 366 g/mol. The van der Waals surface area contributed by atoms with E-state index in [9.17, 15) is 0 Å². The van der Waals surface area contributed by atoms with Crippen molar-refractivity contribution in [2.45, 2.75) is 33.7 Å². The van der Waals surface area contributed by atoms with Crippen molar-refractivity contribution in [1.29, 1.82) is 5.41 Å². The first-order chi connectivity index (χ1) is 14.0. The van der Waals surface area contributed by atoms with Crippen molar-refractivity contribution in [1.82, 2.24) is 19.7 Å². The highest BCUT2D eigenvalue weighted by molar-refractivity contribution is 5.93. The molecule has 0 atom stereocenters. The molecule has 0 saturated carbocycles. The number of pyridine rings is 2. The van der Waals surface area contributed by atoms with Gasteiger partial charge in [0.05, 0.1) is 35.8 Å². The summed E-state index contributed by atoms with van der Waals surface area (Å²) in [4.78, 5) is 9.24. The molecule has 8 nitrogen and oxygen atoms in total. The van der Waals surface area contributed by atoms with E-state index in [0.29, 0.717) is 24.7 Å². The molecule has 29 heavy (non-hydrogen) atoms. The highest BCUT2D eigenvalue weighted by Crippen LogP contribution is 2.34. The smallest absolute Gasteiger partial charge is 0.222 e. The highest BCUT2D eigenvalue weighted by Gasteiger charge is 2.19. The van der Waals surface area contributed by atoms with Crippen molar-refractivity contribution < 1.29 is 4.74 Å². The van der Waals surface area contributed by atoms with Gasteiger partial charge in [0, 0.05) is 24.2 Å². The fourth-order valence-corrected chi connectivity index (χ4v) is 3.13. The van der Waals surface area contributed by atoms with Crippen LogP contribution in [0.25, 0.3) is 22.3 Å². The minimum absolute atomic E-state index is 0.172. The molecule has 8 heteroatoms. The van der Waals surface area contributed by atoms with Crippen LogP contribution in [0.15, 0.2) is 36.2 Å². The van der Waals surface area contributed by atoms with Crippen molar-refractivity contribution in [2.75, 3.05) is 18.5 Å². The Bertz CT molecular complexity index is 1050. The molecule has 3 aromatic rings. The number of nitrogens with one attached hydrogen (secondary N) is 2. The van der Waals surface area contributed by atoms with Crippen LogP contribution in [0.4, 0.5) is 5.69 Å². The van der Waals surface area contributed by atoms with Crippen LogP contribution in [0.2, 0.25) is 0 Å². The van der Waals surface area contributed by atoms with Gasteiger partial charge in [-0.25, -0.2) is 9.97 Å². The number of aryl methyl sites for hydroxylation is 1. The van der Waals surface area contributed by atoms with Gasteiger partial charge in [-0.3, -0.25) is 4.68 Å². The molecule has 0 aliphatic heterocycles. The number of aromatic nitrogens is 4. The number of hydrogen-bond donors (Lipinski definition) is 3. The van der Waals surface area contributed by atoms with Gasteiger partial charge in [0.25, 0.3) is 0 Å². The maximum absolute atomic E-state index is 7.20. The third-order valence-electron chi connectivity index (χ3n) is 4.42. The summed E-state index contributed by atoms with van der Waals surface area (Å²) < 4.78 is 7.67. The summed E-state index contributed by atoms with van der Waals surface area (Å²) in [5, 5.41) is 15.3. The quantitative estimate of drug-likeness (QED) is 0.503. The first-order valence-corrected chi connectivity index (χ1v) is 9.63. The van der Waals surface area contributed by atoms with Crippen molar-refractivity contribution in [3.63, 3.8) is 0 Å². The predicted molar refractivity (Wildman–Crippen MR) is 117 cm³/mol. The molecule has 0 radical (unpaired) electrons. The second-order valence-corrected chi connectivity index (χ2v) is 6.93. The molecular formula is C21H27N7O. The average Bonchev–Trinajstić information content (AvgIpc) is 3.04. The van der Waals surface area contributed by atoms with Crippen LogP contribution >= 0.6 is 0 Å². The Morgan fingerprint density at radius 3 is 2.90 bits per heavy atom. The number of anilines is 1. The molecule has 0 saturated heterocycles. The first kappa shape index (κ1) is 20.3. The predicted octanol–water partition coefficient (Wildman–Crippen LogP) is 3.69. The van der Waals surface area contributed by atoms with Crippen LogP contribution < -0.4 is 15.8 Å². The number of rotatable bonds is 8. The minimum atomic E-state index is 0.172. The molecule has 3 heterocycles. The van der Waals surface area contributed by atoms with Crippen LogP contribution in [0.5, 0.6) is 5.88 Å². The number of nitrogens with zero attached hydrogens (tertiary/aromatic N) is 4. The van der Waals surface area contributed by atoms with Crippen LogP contribution in [0.3, 0.4) is 0 Å². The lowest BCUT2D eigenvalue weighted by atomic mass is 10.1. The van der Waals surface area contributed by atoms with E-state index in [1.165, 1.54) is 6.21 Å². The van der Waals surface area contributed by atoms with E-state index in [-0.39, 0.29) is 6.04 Å². The monoisotopic (exact) mass is 393 g/mol. The Morgan fingerprint density at radius 2 is 2.21 bits per heavy atom. The number of fused-ring (bicyclic) bond motifs is 1. The summed E-state index contributed by atoms with van der Waals surface area (Å²) in [5.41, 5.74) is 11.6. The van der Waals surface area contributed by atoms with E-state index < -0.39 is 0 Å². The molecule has 0 fully saturated rings. The second-order valence-electron chi connectivity index (χ2n) is 6.93. The summed E-state index contributed by atoms with van der Waals surface area (Å²) in [6, 6.07) is 5.96. The molecule has 152 valence electrons. The third-order valence-corrected chi connectivity index (χ3v) is 4.42. The van der Waals surface area contributed by atoms with Crippen LogP contribution in [0.1, 0.15) is 32.5 Å². The van der Waals surface area contributed by atoms with Crippen LogP contribution in [0, 0.1) is 12.3 Å². The highest BCUT2D eigenvalue weighted by atomic mass is 16.5. The SMILES string of the molecule is CCOc1ncccc1-c1cc(NCC(N)=CC=N)c2c(n1)c(C)nn2C(C)C. The summed E-state index contributed by atoms with van der Waals surface area (Å²) in [6.45, 7) is 8.98. The molecule has 0 aromatic carbocycles. The van der Waals surface area contributed by atoms with Crippen molar-refractivity contribution in [3.05, 3.63) is 41.9 Å². The number of ether oxygens (including phenoxy) is 1. The Labute approximate surface area is 170 Å². The standard InChI is InChI=1S/C21H27N7O/c1-5-29-21-16(7-6-10-24-21)17-11-18(25-12-15(23)8-9-22)20-19(26-17)14(4)27-28(20)13(2)3/h6-11,13,22H,5,12,23H2,1-4H3,(H,25,26). The normalized spacial score (nSPS) is 11.8. The van der Waals surface area contributed by atoms with Gasteiger partial charge in [0.1, 0.15) is 11.0 Å². The molecule has 0 amide bonds. The maximum atomic E-state index is 7.20. The molecule has 4 N–H and O–H groups in total. The molecule has 3 rings (SSSR count). The van der Waals surface area contributed by atoms with Gasteiger partial charge < -0.3 is 21.2 Å². The number of hydrogen-bond acceptors (Lipinski definition) is 7. The molecule has 0 aliphatic carbocycles. The van der Waals surface area contributed by atoms with Gasteiger partial charge in [0.2, 0.25) is 5.88 Å². The lowest BCUT2D eigenvalue weighted by Crippen LogP contribution is -2.13. The zero-order valence-electron chi connectivity index (χ0n) is 17.2. The average molecular weight is 393 g/mol.